The quantitative estimate of drug-likeness (QED) is 0.626. The lowest BCUT2D eigenvalue weighted by atomic mass is 10.0. The van der Waals surface area contributed by atoms with Crippen molar-refractivity contribution in [3.63, 3.8) is 0 Å². The third-order valence-electron chi connectivity index (χ3n) is 4.33. The van der Waals surface area contributed by atoms with Crippen molar-refractivity contribution in [1.82, 2.24) is 5.32 Å². The summed E-state index contributed by atoms with van der Waals surface area (Å²) in [4.78, 5) is 12.3. The van der Waals surface area contributed by atoms with Gasteiger partial charge in [-0.1, -0.05) is 12.1 Å². The number of amides is 1. The Morgan fingerprint density at radius 3 is 2.33 bits per heavy atom. The maximum absolute atomic E-state index is 12.3. The molecule has 0 aliphatic heterocycles. The fraction of sp³-hybridized carbons (Fsp3) is 0.381. The first-order valence-corrected chi connectivity index (χ1v) is 8.85. The maximum atomic E-state index is 12.3. The van der Waals surface area contributed by atoms with Crippen LogP contribution in [-0.4, -0.2) is 38.9 Å². The van der Waals surface area contributed by atoms with Crippen LogP contribution in [-0.2, 0) is 24.2 Å². The first-order valence-electron chi connectivity index (χ1n) is 8.85. The molecule has 0 spiro atoms. The average molecular weight is 373 g/mol. The van der Waals surface area contributed by atoms with Crippen LogP contribution in [0.15, 0.2) is 36.4 Å². The number of carbonyl (C=O) groups is 1. The monoisotopic (exact) mass is 373 g/mol. The lowest BCUT2D eigenvalue weighted by Crippen LogP contribution is -2.26. The predicted molar refractivity (Wildman–Crippen MR) is 103 cm³/mol. The fourth-order valence-corrected chi connectivity index (χ4v) is 2.86. The van der Waals surface area contributed by atoms with Gasteiger partial charge in [0, 0.05) is 6.54 Å². The van der Waals surface area contributed by atoms with Crippen LogP contribution < -0.4 is 19.5 Å². The van der Waals surface area contributed by atoms with Crippen molar-refractivity contribution in [3.8, 4) is 17.2 Å². The summed E-state index contributed by atoms with van der Waals surface area (Å²) < 4.78 is 15.7. The summed E-state index contributed by atoms with van der Waals surface area (Å²) in [6.07, 6.45) is 1.86. The molecule has 0 bridgehead atoms. The molecular weight excluding hydrogens is 346 g/mol. The highest BCUT2D eigenvalue weighted by atomic mass is 16.5. The molecule has 2 aromatic carbocycles. The van der Waals surface area contributed by atoms with Crippen molar-refractivity contribution in [1.29, 1.82) is 0 Å². The topological polar surface area (TPSA) is 77.0 Å². The summed E-state index contributed by atoms with van der Waals surface area (Å²) in [5, 5.41) is 12.5. The van der Waals surface area contributed by atoms with Crippen molar-refractivity contribution >= 4 is 5.91 Å². The number of rotatable bonds is 10. The molecular formula is C21H27NO5. The van der Waals surface area contributed by atoms with Crippen molar-refractivity contribution in [2.45, 2.75) is 25.9 Å². The van der Waals surface area contributed by atoms with Crippen LogP contribution in [0.2, 0.25) is 0 Å². The number of hydrogen-bond donors (Lipinski definition) is 2. The number of methoxy groups -OCH3 is 3. The van der Waals surface area contributed by atoms with Gasteiger partial charge in [-0.25, -0.2) is 0 Å². The minimum atomic E-state index is -0.168. The second kappa shape index (κ2) is 10.4. The van der Waals surface area contributed by atoms with E-state index in [0.717, 1.165) is 24.2 Å². The van der Waals surface area contributed by atoms with E-state index in [0.29, 0.717) is 23.6 Å². The van der Waals surface area contributed by atoms with E-state index in [2.05, 4.69) is 5.32 Å². The second-order valence-electron chi connectivity index (χ2n) is 6.12. The molecule has 0 fully saturated rings. The Bertz CT molecular complexity index is 760. The Labute approximate surface area is 160 Å². The van der Waals surface area contributed by atoms with E-state index in [9.17, 15) is 9.90 Å². The van der Waals surface area contributed by atoms with Gasteiger partial charge < -0.3 is 24.6 Å². The normalized spacial score (nSPS) is 10.4. The summed E-state index contributed by atoms with van der Waals surface area (Å²) in [7, 11) is 4.72. The zero-order chi connectivity index (χ0) is 19.6. The largest absolute Gasteiger partial charge is 0.497 e. The van der Waals surface area contributed by atoms with E-state index in [-0.39, 0.29) is 18.9 Å². The van der Waals surface area contributed by atoms with Gasteiger partial charge in [-0.3, -0.25) is 4.79 Å². The Morgan fingerprint density at radius 1 is 1.00 bits per heavy atom. The molecule has 2 rings (SSSR count). The lowest BCUT2D eigenvalue weighted by Gasteiger charge is -2.14. The third-order valence-corrected chi connectivity index (χ3v) is 4.33. The van der Waals surface area contributed by atoms with Crippen molar-refractivity contribution < 1.29 is 24.1 Å². The van der Waals surface area contributed by atoms with Crippen LogP contribution in [0.1, 0.15) is 23.1 Å². The molecule has 0 radical (unpaired) electrons. The summed E-state index contributed by atoms with van der Waals surface area (Å²) in [5.74, 6) is 1.81. The zero-order valence-electron chi connectivity index (χ0n) is 16.1. The second-order valence-corrected chi connectivity index (χ2v) is 6.12. The average Bonchev–Trinajstić information content (AvgIpc) is 2.71. The van der Waals surface area contributed by atoms with Gasteiger partial charge in [-0.2, -0.15) is 0 Å². The van der Waals surface area contributed by atoms with Crippen LogP contribution in [0.3, 0.4) is 0 Å². The number of aliphatic hydroxyl groups excluding tert-OH is 1. The molecule has 0 saturated carbocycles. The summed E-state index contributed by atoms with van der Waals surface area (Å²) in [5.41, 5.74) is 2.55. The van der Waals surface area contributed by atoms with Gasteiger partial charge in [0.2, 0.25) is 5.91 Å². The highest BCUT2D eigenvalue weighted by molar-refractivity contribution is 5.79. The van der Waals surface area contributed by atoms with E-state index < -0.39 is 0 Å². The molecule has 0 aromatic heterocycles. The fourth-order valence-electron chi connectivity index (χ4n) is 2.86. The molecule has 0 unspecified atom stereocenters. The Hall–Kier alpha value is -2.73. The number of carbonyl (C=O) groups excluding carboxylic acids is 1. The summed E-state index contributed by atoms with van der Waals surface area (Å²) in [6.45, 7) is 0.413. The molecule has 0 saturated heterocycles. The molecule has 0 heterocycles. The van der Waals surface area contributed by atoms with Gasteiger partial charge >= 0.3 is 0 Å². The van der Waals surface area contributed by atoms with Crippen molar-refractivity contribution in [2.75, 3.05) is 27.9 Å². The van der Waals surface area contributed by atoms with E-state index in [1.165, 1.54) is 12.7 Å². The SMILES string of the molecule is COc1cccc(CCCNC(=O)Cc2cc(OC)c(OC)cc2CO)c1. The number of aryl methyl sites for hydroxylation is 1. The zero-order valence-corrected chi connectivity index (χ0v) is 16.1. The van der Waals surface area contributed by atoms with E-state index >= 15 is 0 Å². The molecule has 2 N–H and O–H groups in total. The van der Waals surface area contributed by atoms with Gasteiger partial charge in [-0.15, -0.1) is 0 Å². The lowest BCUT2D eigenvalue weighted by molar-refractivity contribution is -0.120. The van der Waals surface area contributed by atoms with Gasteiger partial charge in [0.1, 0.15) is 5.75 Å². The van der Waals surface area contributed by atoms with Gasteiger partial charge in [0.05, 0.1) is 34.4 Å². The number of ether oxygens (including phenoxy) is 3. The van der Waals surface area contributed by atoms with Crippen LogP contribution in [0.25, 0.3) is 0 Å². The van der Waals surface area contributed by atoms with E-state index in [1.807, 2.05) is 24.3 Å². The van der Waals surface area contributed by atoms with E-state index in [1.54, 1.807) is 26.4 Å². The minimum absolute atomic E-state index is 0.0948. The highest BCUT2D eigenvalue weighted by Crippen LogP contribution is 2.30. The van der Waals surface area contributed by atoms with Crippen LogP contribution in [0.5, 0.6) is 17.2 Å². The van der Waals surface area contributed by atoms with Crippen molar-refractivity contribution in [3.05, 3.63) is 53.1 Å². The minimum Gasteiger partial charge on any atom is -0.497 e. The number of benzene rings is 2. The van der Waals surface area contributed by atoms with E-state index in [4.69, 9.17) is 14.2 Å². The number of aliphatic hydroxyl groups is 1. The summed E-state index contributed by atoms with van der Waals surface area (Å²) >= 11 is 0. The predicted octanol–water partition coefficient (Wildman–Crippen LogP) is 2.50. The molecule has 2 aromatic rings. The van der Waals surface area contributed by atoms with Crippen molar-refractivity contribution in [2.24, 2.45) is 0 Å². The molecule has 1 amide bonds. The van der Waals surface area contributed by atoms with Gasteiger partial charge in [0.15, 0.2) is 11.5 Å². The Morgan fingerprint density at radius 2 is 1.70 bits per heavy atom. The highest BCUT2D eigenvalue weighted by Gasteiger charge is 2.13. The Balaban J connectivity index is 1.88. The third kappa shape index (κ3) is 5.89. The molecule has 6 heteroatoms. The Kier molecular flexibility index (Phi) is 7.95. The molecule has 146 valence electrons. The van der Waals surface area contributed by atoms with Crippen LogP contribution in [0.4, 0.5) is 0 Å². The molecule has 27 heavy (non-hydrogen) atoms. The van der Waals surface area contributed by atoms with Gasteiger partial charge in [0.25, 0.3) is 0 Å². The van der Waals surface area contributed by atoms with Crippen LogP contribution in [0, 0.1) is 0 Å². The standard InChI is InChI=1S/C21H27NO5/c1-25-18-8-4-6-15(10-18)7-5-9-22-21(24)13-16-11-19(26-2)20(27-3)12-17(16)14-23/h4,6,8,10-12,23H,5,7,9,13-14H2,1-3H3,(H,22,24). The number of hydrogen-bond acceptors (Lipinski definition) is 5. The van der Waals surface area contributed by atoms with Gasteiger partial charge in [-0.05, 0) is 53.8 Å². The smallest absolute Gasteiger partial charge is 0.224 e. The molecule has 0 atom stereocenters. The maximum Gasteiger partial charge on any atom is 0.224 e. The summed E-state index contributed by atoms with van der Waals surface area (Å²) in [6, 6.07) is 11.3. The molecule has 0 aliphatic rings. The molecule has 0 aliphatic carbocycles. The molecule has 6 nitrogen and oxygen atoms in total. The first-order chi connectivity index (χ1) is 13.1. The first kappa shape index (κ1) is 20.6. The number of nitrogens with one attached hydrogen (secondary N) is 1. The van der Waals surface area contributed by atoms with Crippen LogP contribution >= 0.6 is 0 Å².